The van der Waals surface area contributed by atoms with E-state index in [2.05, 4.69) is 23.2 Å². The third kappa shape index (κ3) is 2.82. The highest BCUT2D eigenvalue weighted by atomic mass is 16.5. The Bertz CT molecular complexity index is 693. The molecule has 2 saturated heterocycles. The van der Waals surface area contributed by atoms with Crippen molar-refractivity contribution in [3.05, 3.63) is 36.0 Å². The minimum Gasteiger partial charge on any atom is -0.364 e. The number of benzene rings is 1. The molecule has 3 N–H and O–H groups in total. The molecule has 3 atom stereocenters. The Labute approximate surface area is 142 Å². The Hall–Kier alpha value is -1.85. The lowest BCUT2D eigenvalue weighted by Gasteiger charge is -2.36. The average molecular weight is 327 g/mol. The fourth-order valence-electron chi connectivity index (χ4n) is 4.04. The van der Waals surface area contributed by atoms with Gasteiger partial charge in [-0.3, -0.25) is 4.79 Å². The Morgan fingerprint density at radius 1 is 1.25 bits per heavy atom. The molecule has 3 heterocycles. The van der Waals surface area contributed by atoms with Crippen LogP contribution in [0.15, 0.2) is 30.3 Å². The van der Waals surface area contributed by atoms with E-state index in [0.717, 1.165) is 49.9 Å². The summed E-state index contributed by atoms with van der Waals surface area (Å²) in [6.45, 7) is 1.31. The van der Waals surface area contributed by atoms with E-state index in [1.165, 1.54) is 5.39 Å². The monoisotopic (exact) mass is 327 g/mol. The molecule has 2 fully saturated rings. The molecule has 0 spiro atoms. The van der Waals surface area contributed by atoms with Crippen molar-refractivity contribution in [2.45, 2.75) is 50.4 Å². The quantitative estimate of drug-likeness (QED) is 0.910. The van der Waals surface area contributed by atoms with Gasteiger partial charge in [0.15, 0.2) is 0 Å². The van der Waals surface area contributed by atoms with Gasteiger partial charge in [0.1, 0.15) is 6.10 Å². The van der Waals surface area contributed by atoms with E-state index in [0.29, 0.717) is 6.54 Å². The lowest BCUT2D eigenvalue weighted by Crippen LogP contribution is -2.44. The number of carbonyl (C=O) groups is 1. The third-order valence-corrected chi connectivity index (χ3v) is 5.34. The molecule has 5 nitrogen and oxygen atoms in total. The molecule has 4 rings (SSSR count). The van der Waals surface area contributed by atoms with Gasteiger partial charge in [-0.15, -0.1) is 0 Å². The van der Waals surface area contributed by atoms with E-state index in [-0.39, 0.29) is 24.2 Å². The minimum absolute atomic E-state index is 0.0373. The first-order chi connectivity index (χ1) is 11.8. The predicted octanol–water partition coefficient (Wildman–Crippen LogP) is 2.73. The molecule has 0 radical (unpaired) electrons. The van der Waals surface area contributed by atoms with Crippen molar-refractivity contribution in [1.29, 1.82) is 0 Å². The first-order valence-corrected chi connectivity index (χ1v) is 9.00. The molecular formula is C19H25N3O2. The van der Waals surface area contributed by atoms with E-state index in [1.807, 2.05) is 17.0 Å². The number of piperidine rings is 1. The number of para-hydroxylation sites is 1. The van der Waals surface area contributed by atoms with E-state index >= 15 is 0 Å². The number of ether oxygens (including phenoxy) is 1. The number of carbonyl (C=O) groups excluding carboxylic acids is 1. The van der Waals surface area contributed by atoms with Crippen LogP contribution < -0.4 is 5.73 Å². The van der Waals surface area contributed by atoms with Crippen LogP contribution >= 0.6 is 0 Å². The summed E-state index contributed by atoms with van der Waals surface area (Å²) in [7, 11) is 0. The maximum atomic E-state index is 13.0. The van der Waals surface area contributed by atoms with Gasteiger partial charge in [-0.25, -0.2) is 0 Å². The van der Waals surface area contributed by atoms with Gasteiger partial charge >= 0.3 is 0 Å². The van der Waals surface area contributed by atoms with Crippen LogP contribution in [0.5, 0.6) is 0 Å². The second-order valence-corrected chi connectivity index (χ2v) is 6.91. The number of rotatable bonds is 3. The smallest absolute Gasteiger partial charge is 0.252 e. The van der Waals surface area contributed by atoms with Gasteiger partial charge in [0.05, 0.1) is 12.1 Å². The summed E-state index contributed by atoms with van der Waals surface area (Å²) in [6.07, 6.45) is 4.62. The topological polar surface area (TPSA) is 71.4 Å². The zero-order chi connectivity index (χ0) is 16.5. The first kappa shape index (κ1) is 15.7. The van der Waals surface area contributed by atoms with Gasteiger partial charge < -0.3 is 20.4 Å². The Morgan fingerprint density at radius 2 is 2.12 bits per heavy atom. The van der Waals surface area contributed by atoms with Crippen LogP contribution in [-0.2, 0) is 9.53 Å². The number of hydrogen-bond donors (Lipinski definition) is 2. The molecule has 0 aliphatic carbocycles. The maximum Gasteiger partial charge on any atom is 0.252 e. The van der Waals surface area contributed by atoms with Crippen LogP contribution in [-0.4, -0.2) is 41.1 Å². The molecule has 1 amide bonds. The minimum atomic E-state index is -0.316. The summed E-state index contributed by atoms with van der Waals surface area (Å²) in [6, 6.07) is 10.6. The lowest BCUT2D eigenvalue weighted by molar-refractivity contribution is -0.146. The van der Waals surface area contributed by atoms with E-state index in [4.69, 9.17) is 10.5 Å². The molecule has 2 aromatic rings. The van der Waals surface area contributed by atoms with Gasteiger partial charge in [0.2, 0.25) is 0 Å². The highest BCUT2D eigenvalue weighted by molar-refractivity contribution is 5.83. The summed E-state index contributed by atoms with van der Waals surface area (Å²) < 4.78 is 5.84. The maximum absolute atomic E-state index is 13.0. The summed E-state index contributed by atoms with van der Waals surface area (Å²) in [4.78, 5) is 18.5. The van der Waals surface area contributed by atoms with Crippen LogP contribution in [0.25, 0.3) is 10.9 Å². The molecule has 0 saturated carbocycles. The molecule has 0 bridgehead atoms. The van der Waals surface area contributed by atoms with Crippen molar-refractivity contribution in [3.63, 3.8) is 0 Å². The van der Waals surface area contributed by atoms with Crippen LogP contribution in [0.4, 0.5) is 0 Å². The molecule has 1 aromatic carbocycles. The summed E-state index contributed by atoms with van der Waals surface area (Å²) in [5.41, 5.74) is 7.95. The highest BCUT2D eigenvalue weighted by Crippen LogP contribution is 2.34. The van der Waals surface area contributed by atoms with E-state index in [1.54, 1.807) is 0 Å². The number of likely N-dealkylation sites (tertiary alicyclic amines) is 1. The summed E-state index contributed by atoms with van der Waals surface area (Å²) >= 11 is 0. The van der Waals surface area contributed by atoms with Crippen LogP contribution in [0.2, 0.25) is 0 Å². The van der Waals surface area contributed by atoms with Crippen molar-refractivity contribution in [2.24, 2.45) is 5.73 Å². The number of nitrogens with two attached hydrogens (primary N) is 1. The van der Waals surface area contributed by atoms with E-state index < -0.39 is 0 Å². The van der Waals surface area contributed by atoms with Gasteiger partial charge in [0, 0.05) is 24.3 Å². The van der Waals surface area contributed by atoms with Crippen molar-refractivity contribution in [2.75, 3.05) is 13.1 Å². The number of nitrogens with zero attached hydrogens (tertiary/aromatic N) is 1. The molecule has 1 aromatic heterocycles. The average Bonchev–Trinajstić information content (AvgIpc) is 3.27. The van der Waals surface area contributed by atoms with Crippen molar-refractivity contribution < 1.29 is 9.53 Å². The predicted molar refractivity (Wildman–Crippen MR) is 93.6 cm³/mol. The Morgan fingerprint density at radius 3 is 2.92 bits per heavy atom. The van der Waals surface area contributed by atoms with Gasteiger partial charge in [-0.05, 0) is 49.6 Å². The highest BCUT2D eigenvalue weighted by Gasteiger charge is 2.37. The number of aromatic amines is 1. The fourth-order valence-corrected chi connectivity index (χ4v) is 4.04. The largest absolute Gasteiger partial charge is 0.364 e. The number of amides is 1. The second kappa shape index (κ2) is 6.57. The zero-order valence-corrected chi connectivity index (χ0v) is 13.9. The molecule has 2 aliphatic heterocycles. The number of hydrogen-bond acceptors (Lipinski definition) is 3. The molecule has 1 unspecified atom stereocenters. The number of aromatic nitrogens is 1. The van der Waals surface area contributed by atoms with Crippen molar-refractivity contribution >= 4 is 16.8 Å². The standard InChI is InChI=1S/C19H25N3O2/c20-12-14-8-9-18(24-14)19(23)22-10-4-3-7-17(22)16-11-13-5-1-2-6-15(13)21-16/h1-2,5-6,11,14,17-18,21H,3-4,7-10,12,20H2/t14-,17?,18+/m1/s1. The second-order valence-electron chi connectivity index (χ2n) is 6.91. The van der Waals surface area contributed by atoms with Gasteiger partial charge in [-0.1, -0.05) is 18.2 Å². The van der Waals surface area contributed by atoms with Crippen LogP contribution in [0.1, 0.15) is 43.8 Å². The first-order valence-electron chi connectivity index (χ1n) is 9.00. The summed E-state index contributed by atoms with van der Waals surface area (Å²) in [5, 5.41) is 1.20. The van der Waals surface area contributed by atoms with E-state index in [9.17, 15) is 4.79 Å². The van der Waals surface area contributed by atoms with Crippen LogP contribution in [0, 0.1) is 0 Å². The number of fused-ring (bicyclic) bond motifs is 1. The number of H-pyrrole nitrogens is 1. The normalized spacial score (nSPS) is 27.7. The Kier molecular flexibility index (Phi) is 4.29. The molecule has 128 valence electrons. The molecule has 5 heteroatoms. The summed E-state index contributed by atoms with van der Waals surface area (Å²) in [5.74, 6) is 0.134. The number of nitrogens with one attached hydrogen (secondary N) is 1. The van der Waals surface area contributed by atoms with Gasteiger partial charge in [0.25, 0.3) is 5.91 Å². The SMILES string of the molecule is NC[C@H]1CC[C@@H](C(=O)N2CCCCC2c2cc3ccccc3[nH]2)O1. The lowest BCUT2D eigenvalue weighted by atomic mass is 9.98. The Balaban J connectivity index is 1.57. The van der Waals surface area contributed by atoms with Crippen molar-refractivity contribution in [1.82, 2.24) is 9.88 Å². The molecule has 24 heavy (non-hydrogen) atoms. The van der Waals surface area contributed by atoms with Gasteiger partial charge in [-0.2, -0.15) is 0 Å². The van der Waals surface area contributed by atoms with Crippen molar-refractivity contribution in [3.8, 4) is 0 Å². The molecular weight excluding hydrogens is 302 g/mol. The zero-order valence-electron chi connectivity index (χ0n) is 13.9. The van der Waals surface area contributed by atoms with Crippen LogP contribution in [0.3, 0.4) is 0 Å². The third-order valence-electron chi connectivity index (χ3n) is 5.34. The molecule has 2 aliphatic rings. The fraction of sp³-hybridized carbons (Fsp3) is 0.526.